The van der Waals surface area contributed by atoms with Gasteiger partial charge in [0, 0.05) is 0 Å². The Kier molecular flexibility index (Phi) is 14.9. The highest BCUT2D eigenvalue weighted by Crippen LogP contribution is 2.18. The van der Waals surface area contributed by atoms with Gasteiger partial charge < -0.3 is 18.1 Å². The predicted octanol–water partition coefficient (Wildman–Crippen LogP) is 7.18. The summed E-state index contributed by atoms with van der Waals surface area (Å²) >= 11 is 0. The number of oxime groups is 4. The minimum absolute atomic E-state index is 0.431. The lowest BCUT2D eigenvalue weighted by Gasteiger charge is -2.19. The van der Waals surface area contributed by atoms with Crippen LogP contribution in [-0.2, 0) is 18.1 Å². The van der Waals surface area contributed by atoms with Crippen LogP contribution in [0.3, 0.4) is 0 Å². The summed E-state index contributed by atoms with van der Waals surface area (Å²) in [7, 11) is -4.00. The zero-order valence-corrected chi connectivity index (χ0v) is 24.1. The Morgan fingerprint density at radius 2 is 0.636 bits per heavy atom. The van der Waals surface area contributed by atoms with E-state index < -0.39 is 9.05 Å². The third-order valence-electron chi connectivity index (χ3n) is 4.07. The normalized spacial score (nSPS) is 16.0. The smallest absolute Gasteiger partial charge is 0.340 e. The van der Waals surface area contributed by atoms with E-state index in [4.69, 9.17) is 18.1 Å². The molecule has 0 aliphatic carbocycles. The molecule has 0 unspecified atom stereocenters. The van der Waals surface area contributed by atoms with Gasteiger partial charge in [0.25, 0.3) is 0 Å². The second-order valence-electron chi connectivity index (χ2n) is 10.6. The first kappa shape index (κ1) is 31.1. The van der Waals surface area contributed by atoms with Crippen molar-refractivity contribution in [3.8, 4) is 0 Å². The van der Waals surface area contributed by atoms with Gasteiger partial charge in [0.15, 0.2) is 0 Å². The van der Waals surface area contributed by atoms with Gasteiger partial charge in [0.2, 0.25) is 0 Å². The maximum atomic E-state index is 5.80. The molecule has 0 N–H and O–H groups in total. The van der Waals surface area contributed by atoms with Crippen molar-refractivity contribution in [2.24, 2.45) is 44.3 Å². The molecule has 8 nitrogen and oxygen atoms in total. The fourth-order valence-electron chi connectivity index (χ4n) is 3.15. The fraction of sp³-hybridized carbons (Fsp3) is 0.833. The highest BCUT2D eigenvalue weighted by atomic mass is 28.4. The van der Waals surface area contributed by atoms with Crippen molar-refractivity contribution in [1.82, 2.24) is 0 Å². The number of rotatable bonds is 16. The van der Waals surface area contributed by atoms with Crippen LogP contribution in [0.25, 0.3) is 0 Å². The highest BCUT2D eigenvalue weighted by Gasteiger charge is 2.63. The topological polar surface area (TPSA) is 86.4 Å². The van der Waals surface area contributed by atoms with Gasteiger partial charge in [-0.2, -0.15) is 0 Å². The number of hydrogen-bond donors (Lipinski definition) is 0. The van der Waals surface area contributed by atoms with Gasteiger partial charge in [-0.05, 0) is 77.0 Å². The largest absolute Gasteiger partial charge is 1.05 e. The molecule has 33 heavy (non-hydrogen) atoms. The minimum atomic E-state index is -4.00. The van der Waals surface area contributed by atoms with Crippen LogP contribution < -0.4 is 0 Å². The third-order valence-corrected chi connectivity index (χ3v) is 5.33. The zero-order valence-electron chi connectivity index (χ0n) is 23.1. The van der Waals surface area contributed by atoms with E-state index in [1.807, 2.05) is 27.7 Å². The second-order valence-corrected chi connectivity index (χ2v) is 12.3. The Balaban J connectivity index is 6.10. The molecule has 0 spiro atoms. The van der Waals surface area contributed by atoms with E-state index in [1.165, 1.54) is 0 Å². The summed E-state index contributed by atoms with van der Waals surface area (Å²) in [4.78, 5) is 0. The molecule has 0 radical (unpaired) electrons. The first-order valence-corrected chi connectivity index (χ1v) is 13.7. The molecule has 0 aromatic heterocycles. The van der Waals surface area contributed by atoms with Crippen LogP contribution in [0.1, 0.15) is 109 Å². The Labute approximate surface area is 203 Å². The average molecular weight is 485 g/mol. The van der Waals surface area contributed by atoms with Crippen molar-refractivity contribution < 1.29 is 18.1 Å². The third kappa shape index (κ3) is 16.4. The molecule has 0 fully saturated rings. The van der Waals surface area contributed by atoms with E-state index in [9.17, 15) is 0 Å². The Hall–Kier alpha value is -1.90. The molecule has 0 aliphatic heterocycles. The van der Waals surface area contributed by atoms with Crippen molar-refractivity contribution in [2.75, 3.05) is 0 Å². The number of hydrogen-bond acceptors (Lipinski definition) is 8. The molecule has 0 amide bonds. The van der Waals surface area contributed by atoms with Gasteiger partial charge in [-0.3, -0.25) is 0 Å². The maximum absolute atomic E-state index is 5.80. The van der Waals surface area contributed by atoms with Gasteiger partial charge >= 0.3 is 9.05 Å². The maximum Gasteiger partial charge on any atom is 1.05 e. The fourth-order valence-corrected chi connectivity index (χ4v) is 4.42. The van der Waals surface area contributed by atoms with Gasteiger partial charge in [-0.25, -0.2) is 0 Å². The van der Waals surface area contributed by atoms with Crippen LogP contribution in [0.5, 0.6) is 0 Å². The standard InChI is InChI=1S/C24H48N4O4Si/c1-17(2)13-21(9)25-29-33(30-26-22(10)14-18(3)4,31-27-23(11)15-19(5)6)32-28-24(12)16-20(7)8/h17-20H,13-16H2,1-12H3. The summed E-state index contributed by atoms with van der Waals surface area (Å²) in [5.74, 6) is 1.72. The first-order chi connectivity index (χ1) is 15.2. The predicted molar refractivity (Wildman–Crippen MR) is 140 cm³/mol. The van der Waals surface area contributed by atoms with E-state index >= 15 is 0 Å². The Morgan fingerprint density at radius 1 is 0.455 bits per heavy atom. The molecule has 0 rings (SSSR count). The van der Waals surface area contributed by atoms with E-state index in [-0.39, 0.29) is 0 Å². The van der Waals surface area contributed by atoms with Gasteiger partial charge in [0.05, 0.1) is 22.8 Å². The monoisotopic (exact) mass is 484 g/mol. The molecule has 0 bridgehead atoms. The van der Waals surface area contributed by atoms with E-state index in [1.54, 1.807) is 0 Å². The molecule has 192 valence electrons. The molecule has 0 aromatic rings. The van der Waals surface area contributed by atoms with Crippen LogP contribution in [0, 0.1) is 23.7 Å². The quantitative estimate of drug-likeness (QED) is 0.132. The van der Waals surface area contributed by atoms with Crippen molar-refractivity contribution in [3.63, 3.8) is 0 Å². The van der Waals surface area contributed by atoms with Crippen molar-refractivity contribution in [3.05, 3.63) is 0 Å². The summed E-state index contributed by atoms with van der Waals surface area (Å²) in [5.41, 5.74) is 3.19. The summed E-state index contributed by atoms with van der Waals surface area (Å²) in [6.07, 6.45) is 3.08. The Morgan fingerprint density at radius 3 is 0.788 bits per heavy atom. The van der Waals surface area contributed by atoms with Crippen LogP contribution in [0.15, 0.2) is 20.6 Å². The van der Waals surface area contributed by atoms with Gasteiger partial charge in [-0.15, -0.1) is 20.6 Å². The molecule has 0 saturated carbocycles. The summed E-state index contributed by atoms with van der Waals surface area (Å²) < 4.78 is 23.2. The van der Waals surface area contributed by atoms with E-state index in [2.05, 4.69) is 76.0 Å². The molecule has 0 aromatic carbocycles. The van der Waals surface area contributed by atoms with Crippen molar-refractivity contribution in [2.45, 2.75) is 109 Å². The van der Waals surface area contributed by atoms with Crippen LogP contribution >= 0.6 is 0 Å². The molecule has 0 heterocycles. The van der Waals surface area contributed by atoms with Crippen LogP contribution in [-0.4, -0.2) is 31.9 Å². The van der Waals surface area contributed by atoms with Crippen molar-refractivity contribution in [1.29, 1.82) is 0 Å². The molecule has 9 heteroatoms. The molecule has 0 aliphatic rings. The second kappa shape index (κ2) is 15.8. The molecule has 0 saturated heterocycles. The molecular formula is C24H48N4O4Si. The summed E-state index contributed by atoms with van der Waals surface area (Å²) in [6.45, 7) is 24.5. The molecular weight excluding hydrogens is 436 g/mol. The lowest BCUT2D eigenvalue weighted by molar-refractivity contribution is -0.0322. The zero-order chi connectivity index (χ0) is 25.6. The Bertz CT molecular complexity index is 568. The summed E-state index contributed by atoms with van der Waals surface area (Å²) in [6, 6.07) is 0. The van der Waals surface area contributed by atoms with E-state index in [0.29, 0.717) is 23.7 Å². The van der Waals surface area contributed by atoms with E-state index in [0.717, 1.165) is 48.5 Å². The van der Waals surface area contributed by atoms with Crippen LogP contribution in [0.2, 0.25) is 0 Å². The summed E-state index contributed by atoms with van der Waals surface area (Å²) in [5, 5.41) is 17.0. The number of nitrogens with zero attached hydrogens (tertiary/aromatic N) is 4. The SMILES string of the molecule is CC(CC(C)C)=NO[Si](ON=C(C)CC(C)C)(ON=C(C)CC(C)C)ON=C(C)CC(C)C. The minimum Gasteiger partial charge on any atom is -0.340 e. The van der Waals surface area contributed by atoms with Gasteiger partial charge in [0.1, 0.15) is 0 Å². The average Bonchev–Trinajstić information content (AvgIpc) is 2.64. The van der Waals surface area contributed by atoms with Crippen LogP contribution in [0.4, 0.5) is 0 Å². The highest BCUT2D eigenvalue weighted by molar-refractivity contribution is 6.53. The van der Waals surface area contributed by atoms with Crippen molar-refractivity contribution >= 4 is 31.9 Å². The molecule has 0 atom stereocenters. The van der Waals surface area contributed by atoms with Gasteiger partial charge in [-0.1, -0.05) is 55.4 Å². The lowest BCUT2D eigenvalue weighted by Crippen LogP contribution is -2.45. The lowest BCUT2D eigenvalue weighted by atomic mass is 10.1. The first-order valence-electron chi connectivity index (χ1n) is 12.1.